The third kappa shape index (κ3) is 3.97. The van der Waals surface area contributed by atoms with Gasteiger partial charge in [0.15, 0.2) is 6.29 Å². The number of fused-ring (bicyclic) bond motifs is 2. The summed E-state index contributed by atoms with van der Waals surface area (Å²) in [6.07, 6.45) is 0.945. The van der Waals surface area contributed by atoms with Crippen molar-refractivity contribution in [3.05, 3.63) is 0 Å². The molecule has 6 N–H and O–H groups in total. The van der Waals surface area contributed by atoms with E-state index in [0.29, 0.717) is 25.4 Å². The van der Waals surface area contributed by atoms with Crippen molar-refractivity contribution in [2.45, 2.75) is 154 Å². The molecule has 2 aliphatic heterocycles. The zero-order chi connectivity index (χ0) is 32.0. The molecule has 0 aromatic rings. The van der Waals surface area contributed by atoms with Gasteiger partial charge in [-0.05, 0) is 111 Å². The smallest absolute Gasteiger partial charge is 0.186 e. The average Bonchev–Trinajstić information content (AvgIpc) is 3.27. The van der Waals surface area contributed by atoms with Crippen LogP contribution < -0.4 is 0 Å². The first-order valence-corrected chi connectivity index (χ1v) is 17.3. The molecule has 0 aromatic carbocycles. The minimum Gasteiger partial charge on any atom is -0.393 e. The number of aliphatic hydroxyl groups excluding tert-OH is 5. The molecular weight excluding hydrogens is 564 g/mol. The van der Waals surface area contributed by atoms with Crippen molar-refractivity contribution in [3.8, 4) is 0 Å². The van der Waals surface area contributed by atoms with E-state index < -0.39 is 53.4 Å². The van der Waals surface area contributed by atoms with Gasteiger partial charge >= 0.3 is 0 Å². The molecule has 5 aliphatic carbocycles. The molecule has 252 valence electrons. The predicted octanol–water partition coefficient (Wildman–Crippen LogP) is 2.76. The van der Waals surface area contributed by atoms with Crippen LogP contribution in [0.25, 0.3) is 0 Å². The average molecular weight is 623 g/mol. The third-order valence-corrected chi connectivity index (χ3v) is 15.6. The summed E-state index contributed by atoms with van der Waals surface area (Å²) in [7, 11) is 0. The van der Waals surface area contributed by atoms with Gasteiger partial charge in [0.25, 0.3) is 0 Å². The number of rotatable bonds is 4. The topological polar surface area (TPSA) is 149 Å². The molecule has 7 fully saturated rings. The van der Waals surface area contributed by atoms with Gasteiger partial charge in [-0.25, -0.2) is 0 Å². The predicted molar refractivity (Wildman–Crippen MR) is 161 cm³/mol. The highest BCUT2D eigenvalue weighted by Gasteiger charge is 2.85. The van der Waals surface area contributed by atoms with Crippen molar-refractivity contribution in [2.75, 3.05) is 13.2 Å². The van der Waals surface area contributed by atoms with Gasteiger partial charge in [-0.2, -0.15) is 0 Å². The number of aliphatic hydroxyl groups is 6. The van der Waals surface area contributed by atoms with Gasteiger partial charge in [-0.15, -0.1) is 0 Å². The number of hydrogen-bond donors (Lipinski definition) is 6. The van der Waals surface area contributed by atoms with Crippen molar-refractivity contribution < 1.29 is 44.8 Å². The van der Waals surface area contributed by atoms with E-state index in [4.69, 9.17) is 14.2 Å². The van der Waals surface area contributed by atoms with Gasteiger partial charge in [-0.1, -0.05) is 27.7 Å². The molecule has 44 heavy (non-hydrogen) atoms. The summed E-state index contributed by atoms with van der Waals surface area (Å²) in [5, 5.41) is 65.6. The number of ether oxygens (including phenoxy) is 3. The summed E-state index contributed by atoms with van der Waals surface area (Å²) in [5.41, 5.74) is -1.92. The van der Waals surface area contributed by atoms with Crippen LogP contribution in [0.4, 0.5) is 0 Å². The van der Waals surface area contributed by atoms with Crippen molar-refractivity contribution in [2.24, 2.45) is 50.7 Å². The molecule has 2 spiro atoms. The minimum absolute atomic E-state index is 0.00753. The summed E-state index contributed by atoms with van der Waals surface area (Å²) in [6, 6.07) is 0. The standard InChI is InChI=1S/C35H58O9/c1-29(2)23(44-28-25(40)24(39)21(38)16-42-28)8-9-35-17-34(35)11-10-31(5)27(33(7)13-18(15-43-33)30(3,4)41)20(37)14-32(31,6)22(34)12-19(36)26(29)35/h18-28,36-41H,8-17H2,1-7H3. The van der Waals surface area contributed by atoms with Crippen LogP contribution in [-0.4, -0.2) is 98.0 Å². The maximum atomic E-state index is 12.1. The first-order chi connectivity index (χ1) is 20.3. The fourth-order valence-corrected chi connectivity index (χ4v) is 13.4. The minimum atomic E-state index is -1.33. The summed E-state index contributed by atoms with van der Waals surface area (Å²) < 4.78 is 18.6. The molecular formula is C35H58O9. The molecule has 9 heteroatoms. The zero-order valence-corrected chi connectivity index (χ0v) is 27.8. The summed E-state index contributed by atoms with van der Waals surface area (Å²) >= 11 is 0. The molecule has 0 amide bonds. The fraction of sp³-hybridized carbons (Fsp3) is 1.00. The lowest BCUT2D eigenvalue weighted by atomic mass is 9.41. The van der Waals surface area contributed by atoms with Crippen LogP contribution in [0, 0.1) is 50.7 Å². The molecule has 2 saturated heterocycles. The maximum Gasteiger partial charge on any atom is 0.186 e. The fourth-order valence-electron chi connectivity index (χ4n) is 13.4. The van der Waals surface area contributed by atoms with Crippen LogP contribution in [0.1, 0.15) is 99.8 Å². The van der Waals surface area contributed by atoms with Crippen LogP contribution in [0.5, 0.6) is 0 Å². The highest BCUT2D eigenvalue weighted by molar-refractivity contribution is 5.33. The van der Waals surface area contributed by atoms with Crippen LogP contribution >= 0.6 is 0 Å². The largest absolute Gasteiger partial charge is 0.393 e. The van der Waals surface area contributed by atoms with Crippen LogP contribution in [0.3, 0.4) is 0 Å². The molecule has 0 radical (unpaired) electrons. The van der Waals surface area contributed by atoms with Crippen LogP contribution in [0.15, 0.2) is 0 Å². The quantitative estimate of drug-likeness (QED) is 0.260. The lowest BCUT2D eigenvalue weighted by molar-refractivity contribution is -0.306. The van der Waals surface area contributed by atoms with Crippen LogP contribution in [-0.2, 0) is 14.2 Å². The zero-order valence-electron chi connectivity index (χ0n) is 27.8. The Morgan fingerprint density at radius 2 is 1.45 bits per heavy atom. The van der Waals surface area contributed by atoms with E-state index in [-0.39, 0.29) is 52.1 Å². The van der Waals surface area contributed by atoms with E-state index in [9.17, 15) is 30.6 Å². The molecule has 0 aromatic heterocycles. The summed E-state index contributed by atoms with van der Waals surface area (Å²) in [4.78, 5) is 0. The first kappa shape index (κ1) is 32.2. The Hall–Kier alpha value is -0.360. The van der Waals surface area contributed by atoms with Gasteiger partial charge in [0.2, 0.25) is 0 Å². The Morgan fingerprint density at radius 3 is 2.11 bits per heavy atom. The second kappa shape index (κ2) is 9.63. The molecule has 16 unspecified atom stereocenters. The molecule has 9 nitrogen and oxygen atoms in total. The van der Waals surface area contributed by atoms with Crippen LogP contribution in [0.2, 0.25) is 0 Å². The molecule has 7 rings (SSSR count). The molecule has 7 aliphatic rings. The van der Waals surface area contributed by atoms with E-state index in [2.05, 4.69) is 34.6 Å². The second-order valence-electron chi connectivity index (χ2n) is 18.3. The summed E-state index contributed by atoms with van der Waals surface area (Å²) in [5.74, 6) is 0.315. The normalized spacial score (nSPS) is 59.8. The van der Waals surface area contributed by atoms with Gasteiger partial charge in [0.05, 0.1) is 42.7 Å². The third-order valence-electron chi connectivity index (χ3n) is 15.6. The van der Waals surface area contributed by atoms with E-state index in [0.717, 1.165) is 38.5 Å². The van der Waals surface area contributed by atoms with Gasteiger partial charge in [0, 0.05) is 11.8 Å². The molecule has 16 atom stereocenters. The lowest BCUT2D eigenvalue weighted by Gasteiger charge is -2.64. The molecule has 2 heterocycles. The monoisotopic (exact) mass is 622 g/mol. The molecule has 5 saturated carbocycles. The van der Waals surface area contributed by atoms with E-state index >= 15 is 0 Å². The Morgan fingerprint density at radius 1 is 0.750 bits per heavy atom. The van der Waals surface area contributed by atoms with E-state index in [1.807, 2.05) is 13.8 Å². The maximum absolute atomic E-state index is 12.1. The summed E-state index contributed by atoms with van der Waals surface area (Å²) in [6.45, 7) is 15.4. The Kier molecular flexibility index (Phi) is 7.04. The first-order valence-electron chi connectivity index (χ1n) is 17.3. The highest BCUT2D eigenvalue weighted by Crippen LogP contribution is 2.89. The Balaban J connectivity index is 1.15. The van der Waals surface area contributed by atoms with Gasteiger partial charge in [-0.3, -0.25) is 0 Å². The van der Waals surface area contributed by atoms with Crippen molar-refractivity contribution >= 4 is 0 Å². The highest BCUT2D eigenvalue weighted by atomic mass is 16.7. The Bertz CT molecular complexity index is 1160. The Labute approximate surface area is 262 Å². The van der Waals surface area contributed by atoms with E-state index in [1.54, 1.807) is 0 Å². The van der Waals surface area contributed by atoms with Gasteiger partial charge < -0.3 is 44.8 Å². The molecule has 0 bridgehead atoms. The van der Waals surface area contributed by atoms with Crippen molar-refractivity contribution in [1.82, 2.24) is 0 Å². The lowest BCUT2D eigenvalue weighted by Crippen LogP contribution is -2.63. The van der Waals surface area contributed by atoms with Crippen molar-refractivity contribution in [3.63, 3.8) is 0 Å². The second-order valence-corrected chi connectivity index (χ2v) is 18.3. The number of hydrogen-bond acceptors (Lipinski definition) is 9. The van der Waals surface area contributed by atoms with E-state index in [1.165, 1.54) is 0 Å². The van der Waals surface area contributed by atoms with Gasteiger partial charge in [0.1, 0.15) is 18.3 Å². The van der Waals surface area contributed by atoms with Crippen molar-refractivity contribution in [1.29, 1.82) is 0 Å². The SMILES string of the molecule is CC(C)(O)C1COC(C)(C2C(O)CC3(C)C4CC(O)C5C(C)(C)C(OC6OCC(O)C(O)C6O)CCC56CC46CCC23C)C1.